The third-order valence-electron chi connectivity index (χ3n) is 6.01. The van der Waals surface area contributed by atoms with Gasteiger partial charge in [-0.25, -0.2) is 16.8 Å². The van der Waals surface area contributed by atoms with E-state index in [4.69, 9.17) is 0 Å². The van der Waals surface area contributed by atoms with E-state index in [1.165, 1.54) is 75.6 Å². The summed E-state index contributed by atoms with van der Waals surface area (Å²) in [6.07, 6.45) is 16.1. The van der Waals surface area contributed by atoms with Crippen LogP contribution in [0.15, 0.2) is 58.3 Å². The molecule has 0 bridgehead atoms. The van der Waals surface area contributed by atoms with Gasteiger partial charge in [0.05, 0.1) is 9.79 Å². The molecule has 0 aromatic heterocycles. The van der Waals surface area contributed by atoms with Gasteiger partial charge >= 0.3 is 48.9 Å². The topological polar surface area (TPSA) is 114 Å². The maximum absolute atomic E-state index is 10.9. The summed E-state index contributed by atoms with van der Waals surface area (Å²) in [6.45, 7) is 4.38. The number of benzene rings is 2. The van der Waals surface area contributed by atoms with Gasteiger partial charge in [-0.2, -0.15) is 0 Å². The van der Waals surface area contributed by atoms with Crippen LogP contribution in [0, 0.1) is 0 Å². The van der Waals surface area contributed by atoms with E-state index in [2.05, 4.69) is 13.8 Å². The second-order valence-corrected chi connectivity index (χ2v) is 12.0. The van der Waals surface area contributed by atoms with Gasteiger partial charge in [0, 0.05) is 0 Å². The summed E-state index contributed by atoms with van der Waals surface area (Å²) in [7, 11) is -8.64. The van der Waals surface area contributed by atoms with Gasteiger partial charge in [0.15, 0.2) is 0 Å². The zero-order valence-corrected chi connectivity index (χ0v) is 28.6. The van der Waals surface area contributed by atoms with Gasteiger partial charge in [-0.1, -0.05) is 102 Å². The van der Waals surface area contributed by atoms with Crippen molar-refractivity contribution in [2.45, 2.75) is 114 Å². The molecule has 0 saturated heterocycles. The summed E-state index contributed by atoms with van der Waals surface area (Å²) >= 11 is 0. The molecule has 9 heteroatoms. The monoisotopic (exact) mass is 676 g/mol. The molecule has 0 heterocycles. The van der Waals surface area contributed by atoms with Crippen molar-refractivity contribution in [3.8, 4) is 0 Å². The van der Waals surface area contributed by atoms with Crippen molar-refractivity contribution < 1.29 is 25.9 Å². The molecule has 0 aliphatic carbocycles. The Hall–Kier alpha value is -0.169. The van der Waals surface area contributed by atoms with Crippen LogP contribution < -0.4 is 0 Å². The van der Waals surface area contributed by atoms with Crippen molar-refractivity contribution in [3.05, 3.63) is 59.7 Å². The third kappa shape index (κ3) is 17.9. The van der Waals surface area contributed by atoms with E-state index in [0.29, 0.717) is 0 Å². The molecule has 6 nitrogen and oxygen atoms in total. The van der Waals surface area contributed by atoms with Gasteiger partial charge in [-0.15, -0.1) is 0 Å². The smallest absolute Gasteiger partial charge is 0.744 e. The van der Waals surface area contributed by atoms with E-state index in [1.54, 1.807) is 12.1 Å². The number of unbranched alkanes of at least 4 members (excludes halogenated alkanes) is 10. The molecular weight excluding hydrogens is 634 g/mol. The van der Waals surface area contributed by atoms with Crippen molar-refractivity contribution in [1.82, 2.24) is 0 Å². The van der Waals surface area contributed by atoms with E-state index >= 15 is 0 Å². The summed E-state index contributed by atoms with van der Waals surface area (Å²) in [5.74, 6) is 0. The van der Waals surface area contributed by atoms with Crippen LogP contribution in [-0.2, 0) is 33.1 Å². The largest absolute Gasteiger partial charge is 2.00 e. The van der Waals surface area contributed by atoms with E-state index in [-0.39, 0.29) is 58.7 Å². The summed E-state index contributed by atoms with van der Waals surface area (Å²) in [4.78, 5) is -0.239. The molecule has 0 aliphatic heterocycles. The fourth-order valence-corrected chi connectivity index (χ4v) is 5.01. The molecule has 0 N–H and O–H groups in total. The summed E-state index contributed by atoms with van der Waals surface area (Å²) < 4.78 is 65.3. The van der Waals surface area contributed by atoms with Crippen LogP contribution in [0.1, 0.15) is 102 Å². The fraction of sp³-hybridized carbons (Fsp3) is 0.571. The molecule has 0 fully saturated rings. The first-order chi connectivity index (χ1) is 17.1. The fourth-order valence-electron chi connectivity index (χ4n) is 3.93. The minimum Gasteiger partial charge on any atom is -0.744 e. The predicted molar refractivity (Wildman–Crippen MR) is 149 cm³/mol. The molecule has 37 heavy (non-hydrogen) atoms. The molecule has 0 amide bonds. The summed E-state index contributed by atoms with van der Waals surface area (Å²) in [5, 5.41) is 0. The Morgan fingerprint density at radius 3 is 1.19 bits per heavy atom. The number of hydrogen-bond acceptors (Lipinski definition) is 6. The van der Waals surface area contributed by atoms with E-state index in [9.17, 15) is 25.9 Å². The van der Waals surface area contributed by atoms with E-state index < -0.39 is 20.2 Å². The van der Waals surface area contributed by atoms with E-state index in [1.807, 2.05) is 12.1 Å². The van der Waals surface area contributed by atoms with Gasteiger partial charge in [-0.05, 0) is 61.1 Å². The Balaban J connectivity index is 0.000000682. The summed E-state index contributed by atoms with van der Waals surface area (Å²) in [5.41, 5.74) is 1.87. The van der Waals surface area contributed by atoms with Crippen LogP contribution in [0.3, 0.4) is 0 Å². The van der Waals surface area contributed by atoms with Gasteiger partial charge < -0.3 is 9.11 Å². The van der Waals surface area contributed by atoms with Gasteiger partial charge in [0.2, 0.25) is 0 Å². The van der Waals surface area contributed by atoms with Gasteiger partial charge in [0.1, 0.15) is 20.2 Å². The average molecular weight is 676 g/mol. The van der Waals surface area contributed by atoms with Crippen LogP contribution in [0.2, 0.25) is 0 Å². The molecule has 0 aliphatic rings. The zero-order chi connectivity index (χ0) is 26.9. The molecule has 0 spiro atoms. The summed E-state index contributed by atoms with van der Waals surface area (Å²) in [6, 6.07) is 12.7. The van der Waals surface area contributed by atoms with Crippen molar-refractivity contribution in [2.75, 3.05) is 0 Å². The van der Waals surface area contributed by atoms with Crippen molar-refractivity contribution in [1.29, 1.82) is 0 Å². The van der Waals surface area contributed by atoms with Crippen molar-refractivity contribution in [3.63, 3.8) is 0 Å². The Labute approximate surface area is 265 Å². The first kappa shape index (κ1) is 36.8. The molecule has 2 aromatic carbocycles. The van der Waals surface area contributed by atoms with Crippen LogP contribution >= 0.6 is 0 Å². The Bertz CT molecular complexity index is 998. The molecule has 0 radical (unpaired) electrons. The van der Waals surface area contributed by atoms with Crippen LogP contribution in [0.4, 0.5) is 0 Å². The molecule has 0 unspecified atom stereocenters. The normalized spacial score (nSPS) is 11.4. The Morgan fingerprint density at radius 2 is 0.865 bits per heavy atom. The first-order valence-corrected chi connectivity index (χ1v) is 16.0. The second-order valence-electron chi connectivity index (χ2n) is 9.24. The molecule has 0 saturated carbocycles. The average Bonchev–Trinajstić information content (AvgIpc) is 2.83. The molecular formula is C28H42BaO6S2. The van der Waals surface area contributed by atoms with Crippen molar-refractivity contribution >= 4 is 69.1 Å². The Morgan fingerprint density at radius 1 is 0.541 bits per heavy atom. The van der Waals surface area contributed by atoms with Gasteiger partial charge in [0.25, 0.3) is 0 Å². The van der Waals surface area contributed by atoms with E-state index in [0.717, 1.165) is 49.7 Å². The van der Waals surface area contributed by atoms with Crippen molar-refractivity contribution in [2.24, 2.45) is 0 Å². The predicted octanol–water partition coefficient (Wildman–Crippen LogP) is 6.61. The first-order valence-electron chi connectivity index (χ1n) is 13.2. The molecule has 0 atom stereocenters. The number of rotatable bonds is 16. The second kappa shape index (κ2) is 20.7. The quantitative estimate of drug-likeness (QED) is 0.112. The molecule has 2 aromatic rings. The maximum Gasteiger partial charge on any atom is 2.00 e. The zero-order valence-electron chi connectivity index (χ0n) is 22.5. The maximum atomic E-state index is 10.9. The number of aryl methyl sites for hydroxylation is 2. The minimum atomic E-state index is -4.32. The van der Waals surface area contributed by atoms with Gasteiger partial charge in [-0.3, -0.25) is 0 Å². The Kier molecular flexibility index (Phi) is 20.6. The van der Waals surface area contributed by atoms with Crippen LogP contribution in [-0.4, -0.2) is 74.8 Å². The number of hydrogen-bond donors (Lipinski definition) is 0. The molecule has 204 valence electrons. The third-order valence-corrected chi connectivity index (χ3v) is 7.67. The SMILES string of the molecule is CCCCCCCCc1cccc(S(=O)(=O)[O-])c1.CCCCCCCCc1cccc(S(=O)(=O)[O-])c1.[Ba+2]. The molecule has 2 rings (SSSR count). The van der Waals surface area contributed by atoms with Crippen LogP contribution in [0.25, 0.3) is 0 Å². The standard InChI is InChI=1S/2C14H22O3S.Ba/c2*1-2-3-4-5-6-7-9-13-10-8-11-14(12-13)18(15,16)17;/h2*8,10-12H,2-7,9H2,1H3,(H,15,16,17);/q;;+2/p-2. The van der Waals surface area contributed by atoms with Crippen LogP contribution in [0.5, 0.6) is 0 Å². The minimum absolute atomic E-state index is 0.